The van der Waals surface area contributed by atoms with Gasteiger partial charge in [0.15, 0.2) is 0 Å². The predicted molar refractivity (Wildman–Crippen MR) is 110 cm³/mol. The van der Waals surface area contributed by atoms with Gasteiger partial charge in [0, 0.05) is 0 Å². The lowest BCUT2D eigenvalue weighted by molar-refractivity contribution is -0.170. The molecule has 4 unspecified atom stereocenters. The molecule has 0 amide bonds. The molecule has 0 aromatic heterocycles. The van der Waals surface area contributed by atoms with Gasteiger partial charge in [0.1, 0.15) is 12.2 Å². The van der Waals surface area contributed by atoms with E-state index in [-0.39, 0.29) is 41.4 Å². The fourth-order valence-electron chi connectivity index (χ4n) is 8.03. The van der Waals surface area contributed by atoms with Gasteiger partial charge in [-0.25, -0.2) is 0 Å². The van der Waals surface area contributed by atoms with Crippen LogP contribution in [0, 0.1) is 29.1 Å². The average molecular weight is 403 g/mol. The molecule has 0 radical (unpaired) electrons. The van der Waals surface area contributed by atoms with Crippen LogP contribution in [0.4, 0.5) is 0 Å². The predicted octanol–water partition coefficient (Wildman–Crippen LogP) is 5.57. The average Bonchev–Trinajstić information content (AvgIpc) is 3.44. The Bertz CT molecular complexity index is 562. The SMILES string of the molecule is O=C(OC1CCCCC1)C1C(C(=O)OC2CCCCC2)C2CCC1C21CCCC1. The maximum atomic E-state index is 13.4. The van der Waals surface area contributed by atoms with E-state index in [9.17, 15) is 9.59 Å². The molecule has 2 bridgehead atoms. The molecule has 5 saturated carbocycles. The number of hydrogen-bond acceptors (Lipinski definition) is 4. The number of ether oxygens (including phenoxy) is 2. The van der Waals surface area contributed by atoms with Crippen LogP contribution in [0.5, 0.6) is 0 Å². The second-order valence-corrected chi connectivity index (χ2v) is 10.7. The Morgan fingerprint density at radius 1 is 0.552 bits per heavy atom. The van der Waals surface area contributed by atoms with E-state index in [1.54, 1.807) is 0 Å². The van der Waals surface area contributed by atoms with E-state index < -0.39 is 0 Å². The van der Waals surface area contributed by atoms with Gasteiger partial charge in [-0.2, -0.15) is 0 Å². The van der Waals surface area contributed by atoms with Gasteiger partial charge in [-0.15, -0.1) is 0 Å². The van der Waals surface area contributed by atoms with Crippen molar-refractivity contribution in [2.24, 2.45) is 29.1 Å². The third-order valence-electron chi connectivity index (χ3n) is 9.27. The van der Waals surface area contributed by atoms with E-state index in [0.717, 1.165) is 64.2 Å². The van der Waals surface area contributed by atoms with Crippen molar-refractivity contribution >= 4 is 11.9 Å². The van der Waals surface area contributed by atoms with Crippen molar-refractivity contribution in [3.8, 4) is 0 Å². The minimum Gasteiger partial charge on any atom is -0.462 e. The van der Waals surface area contributed by atoms with E-state index >= 15 is 0 Å². The summed E-state index contributed by atoms with van der Waals surface area (Å²) in [5.74, 6) is 0.0571. The van der Waals surface area contributed by atoms with Crippen LogP contribution in [-0.4, -0.2) is 24.1 Å². The van der Waals surface area contributed by atoms with Gasteiger partial charge in [-0.3, -0.25) is 9.59 Å². The maximum Gasteiger partial charge on any atom is 0.310 e. The molecule has 5 aliphatic carbocycles. The first kappa shape index (κ1) is 19.9. The standard InChI is InChI=1S/C25H38O4/c26-23(28-17-9-3-1-4-10-17)21-19-13-14-20(25(19)15-7-8-16-25)22(21)24(27)29-18-11-5-2-6-12-18/h17-22H,1-16H2. The van der Waals surface area contributed by atoms with Crippen molar-refractivity contribution in [1.82, 2.24) is 0 Å². The summed E-state index contributed by atoms with van der Waals surface area (Å²) in [6, 6.07) is 0. The van der Waals surface area contributed by atoms with E-state index in [1.165, 1.54) is 38.5 Å². The Kier molecular flexibility index (Phi) is 5.64. The number of carbonyl (C=O) groups is 2. The molecule has 4 heteroatoms. The molecule has 0 saturated heterocycles. The summed E-state index contributed by atoms with van der Waals surface area (Å²) in [6.07, 6.45) is 18.4. The highest BCUT2D eigenvalue weighted by Crippen LogP contribution is 2.69. The van der Waals surface area contributed by atoms with Crippen molar-refractivity contribution in [2.45, 2.75) is 115 Å². The molecule has 0 aromatic rings. The summed E-state index contributed by atoms with van der Waals surface area (Å²) in [4.78, 5) is 26.8. The molecule has 1 spiro atoms. The summed E-state index contributed by atoms with van der Waals surface area (Å²) in [7, 11) is 0. The third kappa shape index (κ3) is 3.53. The van der Waals surface area contributed by atoms with Gasteiger partial charge in [-0.05, 0) is 94.3 Å². The summed E-state index contributed by atoms with van der Waals surface area (Å²) >= 11 is 0. The van der Waals surface area contributed by atoms with Gasteiger partial charge in [0.25, 0.3) is 0 Å². The van der Waals surface area contributed by atoms with Crippen LogP contribution >= 0.6 is 0 Å². The molecule has 4 atom stereocenters. The van der Waals surface area contributed by atoms with Crippen LogP contribution < -0.4 is 0 Å². The second kappa shape index (κ2) is 8.23. The number of esters is 2. The summed E-state index contributed by atoms with van der Waals surface area (Å²) in [6.45, 7) is 0. The molecule has 0 aromatic carbocycles. The zero-order valence-electron chi connectivity index (χ0n) is 17.9. The molecule has 5 fully saturated rings. The number of hydrogen-bond donors (Lipinski definition) is 0. The fraction of sp³-hybridized carbons (Fsp3) is 0.920. The molecule has 5 rings (SSSR count). The molecule has 0 N–H and O–H groups in total. The van der Waals surface area contributed by atoms with Crippen LogP contribution in [0.3, 0.4) is 0 Å². The van der Waals surface area contributed by atoms with Crippen LogP contribution in [0.25, 0.3) is 0 Å². The van der Waals surface area contributed by atoms with Crippen LogP contribution in [0.15, 0.2) is 0 Å². The first-order valence-electron chi connectivity index (χ1n) is 12.6. The molecule has 0 aliphatic heterocycles. The quantitative estimate of drug-likeness (QED) is 0.577. The second-order valence-electron chi connectivity index (χ2n) is 10.7. The molecule has 29 heavy (non-hydrogen) atoms. The fourth-order valence-corrected chi connectivity index (χ4v) is 8.03. The molecule has 162 valence electrons. The van der Waals surface area contributed by atoms with Gasteiger partial charge >= 0.3 is 11.9 Å². The summed E-state index contributed by atoms with van der Waals surface area (Å²) in [5, 5.41) is 0. The third-order valence-corrected chi connectivity index (χ3v) is 9.27. The number of rotatable bonds is 4. The monoisotopic (exact) mass is 402 g/mol. The van der Waals surface area contributed by atoms with Gasteiger partial charge < -0.3 is 9.47 Å². The van der Waals surface area contributed by atoms with Crippen molar-refractivity contribution in [3.63, 3.8) is 0 Å². The van der Waals surface area contributed by atoms with E-state index in [2.05, 4.69) is 0 Å². The van der Waals surface area contributed by atoms with Gasteiger partial charge in [0.2, 0.25) is 0 Å². The Morgan fingerprint density at radius 3 is 1.38 bits per heavy atom. The number of carbonyl (C=O) groups excluding carboxylic acids is 2. The van der Waals surface area contributed by atoms with Crippen molar-refractivity contribution < 1.29 is 19.1 Å². The smallest absolute Gasteiger partial charge is 0.310 e. The largest absolute Gasteiger partial charge is 0.462 e. The van der Waals surface area contributed by atoms with Crippen molar-refractivity contribution in [3.05, 3.63) is 0 Å². The molecular formula is C25H38O4. The first-order chi connectivity index (χ1) is 14.2. The van der Waals surface area contributed by atoms with Crippen LogP contribution in [0.1, 0.15) is 103 Å². The summed E-state index contributed by atoms with van der Waals surface area (Å²) in [5.41, 5.74) is 0.215. The van der Waals surface area contributed by atoms with Crippen LogP contribution in [-0.2, 0) is 19.1 Å². The Morgan fingerprint density at radius 2 is 0.966 bits per heavy atom. The van der Waals surface area contributed by atoms with Crippen molar-refractivity contribution in [2.75, 3.05) is 0 Å². The molecule has 5 aliphatic rings. The highest BCUT2D eigenvalue weighted by atomic mass is 16.6. The molecular weight excluding hydrogens is 364 g/mol. The normalized spacial score (nSPS) is 37.1. The van der Waals surface area contributed by atoms with Gasteiger partial charge in [-0.1, -0.05) is 25.7 Å². The lowest BCUT2D eigenvalue weighted by atomic mass is 9.74. The van der Waals surface area contributed by atoms with E-state index in [4.69, 9.17) is 9.47 Å². The van der Waals surface area contributed by atoms with E-state index in [1.807, 2.05) is 0 Å². The van der Waals surface area contributed by atoms with Gasteiger partial charge in [0.05, 0.1) is 11.8 Å². The van der Waals surface area contributed by atoms with Crippen LogP contribution in [0.2, 0.25) is 0 Å². The molecule has 0 heterocycles. The van der Waals surface area contributed by atoms with Crippen molar-refractivity contribution in [1.29, 1.82) is 0 Å². The topological polar surface area (TPSA) is 52.6 Å². The minimum absolute atomic E-state index is 0.0685. The maximum absolute atomic E-state index is 13.4. The minimum atomic E-state index is -0.245. The molecule has 4 nitrogen and oxygen atoms in total. The lowest BCUT2D eigenvalue weighted by Gasteiger charge is -2.32. The Balaban J connectivity index is 1.35. The highest BCUT2D eigenvalue weighted by Gasteiger charge is 2.68. The zero-order chi connectivity index (χ0) is 19.8. The summed E-state index contributed by atoms with van der Waals surface area (Å²) < 4.78 is 12.1. The highest BCUT2D eigenvalue weighted by molar-refractivity contribution is 5.84. The zero-order valence-corrected chi connectivity index (χ0v) is 17.9. The lowest BCUT2D eigenvalue weighted by Crippen LogP contribution is -2.39. The van der Waals surface area contributed by atoms with E-state index in [0.29, 0.717) is 11.8 Å². The Labute approximate surface area is 175 Å². The first-order valence-corrected chi connectivity index (χ1v) is 12.6. The Hall–Kier alpha value is -1.06.